The molecule has 1 aliphatic rings. The van der Waals surface area contributed by atoms with Crippen molar-refractivity contribution >= 4 is 0 Å². The predicted octanol–water partition coefficient (Wildman–Crippen LogP) is 0.211. The van der Waals surface area contributed by atoms with Crippen LogP contribution in [0.15, 0.2) is 6.20 Å². The van der Waals surface area contributed by atoms with E-state index < -0.39 is 6.10 Å². The molecule has 1 aromatic rings. The molecule has 0 aliphatic carbocycles. The number of aryl methyl sites for hydroxylation is 2. The van der Waals surface area contributed by atoms with Crippen LogP contribution in [0.25, 0.3) is 0 Å². The van der Waals surface area contributed by atoms with Crippen LogP contribution in [-0.4, -0.2) is 21.2 Å². The normalized spacial score (nSPS) is 18.3. The summed E-state index contributed by atoms with van der Waals surface area (Å²) in [5.74, 6) is 1.09. The molecule has 13 heavy (non-hydrogen) atoms. The van der Waals surface area contributed by atoms with Crippen molar-refractivity contribution in [2.24, 2.45) is 5.73 Å². The van der Waals surface area contributed by atoms with Crippen molar-refractivity contribution in [1.82, 2.24) is 9.55 Å². The fraction of sp³-hybridized carbons (Fsp3) is 0.667. The van der Waals surface area contributed by atoms with Gasteiger partial charge in [-0.15, -0.1) is 0 Å². The number of nitrogens with two attached hydrogens (primary N) is 1. The lowest BCUT2D eigenvalue weighted by Gasteiger charge is -2.11. The average molecular weight is 181 g/mol. The average Bonchev–Trinajstić information content (AvgIpc) is 2.59. The first kappa shape index (κ1) is 8.72. The van der Waals surface area contributed by atoms with Gasteiger partial charge < -0.3 is 15.4 Å². The molecule has 4 nitrogen and oxygen atoms in total. The zero-order chi connectivity index (χ0) is 9.26. The third kappa shape index (κ3) is 1.59. The minimum atomic E-state index is -0.599. The topological polar surface area (TPSA) is 64.1 Å². The highest BCUT2D eigenvalue weighted by atomic mass is 16.3. The van der Waals surface area contributed by atoms with E-state index in [1.807, 2.05) is 6.20 Å². The molecular weight excluding hydrogens is 166 g/mol. The summed E-state index contributed by atoms with van der Waals surface area (Å²) in [6, 6.07) is 0. The molecule has 2 heterocycles. The van der Waals surface area contributed by atoms with E-state index in [2.05, 4.69) is 9.55 Å². The number of rotatable bonds is 2. The molecule has 0 unspecified atom stereocenters. The van der Waals surface area contributed by atoms with Gasteiger partial charge in [0.2, 0.25) is 0 Å². The van der Waals surface area contributed by atoms with Crippen molar-refractivity contribution in [2.45, 2.75) is 31.9 Å². The van der Waals surface area contributed by atoms with Gasteiger partial charge in [0, 0.05) is 25.7 Å². The van der Waals surface area contributed by atoms with Crippen molar-refractivity contribution < 1.29 is 5.11 Å². The maximum absolute atomic E-state index is 9.48. The maximum Gasteiger partial charge on any atom is 0.110 e. The molecule has 1 atom stereocenters. The van der Waals surface area contributed by atoms with Crippen molar-refractivity contribution in [1.29, 1.82) is 0 Å². The minimum absolute atomic E-state index is 0.246. The van der Waals surface area contributed by atoms with Crippen LogP contribution >= 0.6 is 0 Å². The van der Waals surface area contributed by atoms with Gasteiger partial charge in [-0.25, -0.2) is 4.98 Å². The summed E-state index contributed by atoms with van der Waals surface area (Å²) in [5, 5.41) is 9.48. The van der Waals surface area contributed by atoms with Gasteiger partial charge in [0.05, 0.1) is 5.69 Å². The third-order valence-electron chi connectivity index (χ3n) is 2.49. The minimum Gasteiger partial charge on any atom is -0.385 e. The van der Waals surface area contributed by atoms with Gasteiger partial charge in [-0.05, 0) is 12.8 Å². The summed E-state index contributed by atoms with van der Waals surface area (Å²) >= 11 is 0. The number of hydrogen-bond donors (Lipinski definition) is 2. The van der Waals surface area contributed by atoms with E-state index in [9.17, 15) is 5.11 Å². The highest BCUT2D eigenvalue weighted by molar-refractivity contribution is 5.09. The van der Waals surface area contributed by atoms with Gasteiger partial charge in [0.1, 0.15) is 11.9 Å². The van der Waals surface area contributed by atoms with E-state index in [0.29, 0.717) is 0 Å². The molecule has 0 saturated carbocycles. The first-order chi connectivity index (χ1) is 6.31. The molecule has 0 spiro atoms. The highest BCUT2D eigenvalue weighted by Gasteiger charge is 2.15. The quantitative estimate of drug-likeness (QED) is 0.685. The summed E-state index contributed by atoms with van der Waals surface area (Å²) in [7, 11) is 0. The lowest BCUT2D eigenvalue weighted by Crippen LogP contribution is -2.11. The fourth-order valence-electron chi connectivity index (χ4n) is 1.72. The number of nitrogens with zero attached hydrogens (tertiary/aromatic N) is 2. The molecule has 72 valence electrons. The Balaban J connectivity index is 2.25. The lowest BCUT2D eigenvalue weighted by molar-refractivity contribution is 0.182. The van der Waals surface area contributed by atoms with E-state index in [1.165, 1.54) is 12.8 Å². The molecule has 1 aromatic heterocycles. The SMILES string of the molecule is NC[C@H](O)c1cn2c(n1)CCCC2. The Morgan fingerprint density at radius 1 is 1.62 bits per heavy atom. The van der Waals surface area contributed by atoms with E-state index in [-0.39, 0.29) is 6.54 Å². The molecule has 0 saturated heterocycles. The highest BCUT2D eigenvalue weighted by Crippen LogP contribution is 2.17. The fourth-order valence-corrected chi connectivity index (χ4v) is 1.72. The first-order valence-electron chi connectivity index (χ1n) is 4.75. The van der Waals surface area contributed by atoms with Gasteiger partial charge in [0.25, 0.3) is 0 Å². The summed E-state index contributed by atoms with van der Waals surface area (Å²) in [6.07, 6.45) is 4.76. The van der Waals surface area contributed by atoms with Crippen LogP contribution in [0, 0.1) is 0 Å². The zero-order valence-electron chi connectivity index (χ0n) is 7.61. The summed E-state index contributed by atoms with van der Waals surface area (Å²) < 4.78 is 2.12. The summed E-state index contributed by atoms with van der Waals surface area (Å²) in [5.41, 5.74) is 6.08. The Morgan fingerprint density at radius 3 is 3.15 bits per heavy atom. The van der Waals surface area contributed by atoms with E-state index in [0.717, 1.165) is 24.5 Å². The number of aliphatic hydroxyl groups is 1. The second-order valence-corrected chi connectivity index (χ2v) is 3.48. The Bertz CT molecular complexity index is 272. The second-order valence-electron chi connectivity index (χ2n) is 3.48. The molecule has 0 fully saturated rings. The standard InChI is InChI=1S/C9H15N3O/c10-5-8(13)7-6-12-4-2-1-3-9(12)11-7/h6,8,13H,1-5,10H2/t8-/m0/s1. The number of aromatic nitrogens is 2. The maximum atomic E-state index is 9.48. The van der Waals surface area contributed by atoms with E-state index >= 15 is 0 Å². The molecular formula is C9H15N3O. The Kier molecular flexibility index (Phi) is 2.33. The lowest BCUT2D eigenvalue weighted by atomic mass is 10.2. The van der Waals surface area contributed by atoms with Crippen LogP contribution in [0.4, 0.5) is 0 Å². The first-order valence-corrected chi connectivity index (χ1v) is 4.75. The van der Waals surface area contributed by atoms with E-state index in [1.54, 1.807) is 0 Å². The van der Waals surface area contributed by atoms with Crippen molar-refractivity contribution in [2.75, 3.05) is 6.54 Å². The van der Waals surface area contributed by atoms with Crippen LogP contribution < -0.4 is 5.73 Å². The molecule has 0 bridgehead atoms. The zero-order valence-corrected chi connectivity index (χ0v) is 7.61. The van der Waals surface area contributed by atoms with Crippen LogP contribution in [0.3, 0.4) is 0 Å². The summed E-state index contributed by atoms with van der Waals surface area (Å²) in [6.45, 7) is 1.27. The van der Waals surface area contributed by atoms with Gasteiger partial charge in [-0.1, -0.05) is 0 Å². The molecule has 0 radical (unpaired) electrons. The molecule has 4 heteroatoms. The Morgan fingerprint density at radius 2 is 2.46 bits per heavy atom. The van der Waals surface area contributed by atoms with Crippen LogP contribution in [0.5, 0.6) is 0 Å². The molecule has 0 amide bonds. The molecule has 2 rings (SSSR count). The van der Waals surface area contributed by atoms with Gasteiger partial charge in [-0.3, -0.25) is 0 Å². The smallest absolute Gasteiger partial charge is 0.110 e. The Labute approximate surface area is 77.4 Å². The molecule has 0 aromatic carbocycles. The van der Waals surface area contributed by atoms with E-state index in [4.69, 9.17) is 5.73 Å². The van der Waals surface area contributed by atoms with Crippen molar-refractivity contribution in [3.05, 3.63) is 17.7 Å². The Hall–Kier alpha value is -0.870. The van der Waals surface area contributed by atoms with Crippen molar-refractivity contribution in [3.63, 3.8) is 0 Å². The largest absolute Gasteiger partial charge is 0.385 e. The predicted molar refractivity (Wildman–Crippen MR) is 49.2 cm³/mol. The summed E-state index contributed by atoms with van der Waals surface area (Å²) in [4.78, 5) is 4.35. The number of fused-ring (bicyclic) bond motifs is 1. The third-order valence-corrected chi connectivity index (χ3v) is 2.49. The van der Waals surface area contributed by atoms with Gasteiger partial charge >= 0.3 is 0 Å². The van der Waals surface area contributed by atoms with Crippen LogP contribution in [-0.2, 0) is 13.0 Å². The molecule has 3 N–H and O–H groups in total. The van der Waals surface area contributed by atoms with Gasteiger partial charge in [0.15, 0.2) is 0 Å². The second kappa shape index (κ2) is 3.47. The van der Waals surface area contributed by atoms with Crippen molar-refractivity contribution in [3.8, 4) is 0 Å². The number of imidazole rings is 1. The van der Waals surface area contributed by atoms with Crippen LogP contribution in [0.1, 0.15) is 30.5 Å². The number of hydrogen-bond acceptors (Lipinski definition) is 3. The van der Waals surface area contributed by atoms with Crippen LogP contribution in [0.2, 0.25) is 0 Å². The number of aliphatic hydroxyl groups excluding tert-OH is 1. The monoisotopic (exact) mass is 181 g/mol. The molecule has 1 aliphatic heterocycles. The van der Waals surface area contributed by atoms with Gasteiger partial charge in [-0.2, -0.15) is 0 Å².